The Bertz CT molecular complexity index is 911. The van der Waals surface area contributed by atoms with E-state index < -0.39 is 23.5 Å². The van der Waals surface area contributed by atoms with E-state index in [1.807, 2.05) is 28.8 Å². The van der Waals surface area contributed by atoms with Gasteiger partial charge in [0.05, 0.1) is 25.4 Å². The molecule has 124 valence electrons. The van der Waals surface area contributed by atoms with Crippen LogP contribution in [0.25, 0.3) is 11.1 Å². The highest BCUT2D eigenvalue weighted by atomic mass is 16.5. The van der Waals surface area contributed by atoms with Crippen molar-refractivity contribution < 1.29 is 33.2 Å². The molecule has 2 heterocycles. The van der Waals surface area contributed by atoms with Crippen LogP contribution in [0.5, 0.6) is 0 Å². The predicted octanol–water partition coefficient (Wildman–Crippen LogP) is 0.595. The molecule has 2 atom stereocenters. The quantitative estimate of drug-likeness (QED) is 0.640. The number of fused-ring (bicyclic) bond motifs is 6. The van der Waals surface area contributed by atoms with Gasteiger partial charge in [-0.25, -0.2) is 9.59 Å². The van der Waals surface area contributed by atoms with Crippen LogP contribution in [0, 0.1) is 0 Å². The number of para-hydroxylation sites is 2. The molecule has 1 aromatic carbocycles. The van der Waals surface area contributed by atoms with Crippen molar-refractivity contribution in [3.8, 4) is 0 Å². The van der Waals surface area contributed by atoms with Crippen molar-refractivity contribution >= 4 is 23.0 Å². The fraction of sp³-hybridized carbons (Fsp3) is 0.353. The Hall–Kier alpha value is -2.67. The molecule has 1 aliphatic heterocycles. The van der Waals surface area contributed by atoms with E-state index in [2.05, 4.69) is 0 Å². The van der Waals surface area contributed by atoms with Crippen molar-refractivity contribution in [3.63, 3.8) is 0 Å². The number of carbonyl (C=O) groups excluding carboxylic acids is 2. The first-order valence-corrected chi connectivity index (χ1v) is 7.55. The average molecular weight is 330 g/mol. The average Bonchev–Trinajstić information content (AvgIpc) is 3.07. The van der Waals surface area contributed by atoms with Gasteiger partial charge in [0.1, 0.15) is 5.92 Å². The fourth-order valence-corrected chi connectivity index (χ4v) is 3.81. The zero-order valence-electron chi connectivity index (χ0n) is 13.2. The number of ether oxygens (including phenoxy) is 2. The van der Waals surface area contributed by atoms with Gasteiger partial charge in [-0.3, -0.25) is 0 Å². The molecule has 0 fully saturated rings. The number of rotatable bonds is 2. The molecule has 0 radical (unpaired) electrons. The lowest BCUT2D eigenvalue weighted by molar-refractivity contribution is -0.703. The Morgan fingerprint density at radius 1 is 1.25 bits per heavy atom. The van der Waals surface area contributed by atoms with E-state index >= 15 is 0 Å². The van der Waals surface area contributed by atoms with Crippen molar-refractivity contribution in [3.05, 3.63) is 41.3 Å². The van der Waals surface area contributed by atoms with Crippen LogP contribution < -0.4 is 4.57 Å². The zero-order valence-corrected chi connectivity index (χ0v) is 13.2. The molecular weight excluding hydrogens is 314 g/mol. The third-order valence-corrected chi connectivity index (χ3v) is 4.77. The molecule has 2 aromatic rings. The van der Waals surface area contributed by atoms with Gasteiger partial charge in [-0.05, 0) is 6.07 Å². The van der Waals surface area contributed by atoms with E-state index in [9.17, 15) is 14.7 Å². The molecule has 1 aromatic heterocycles. The number of esters is 2. The number of carbonyl (C=O) groups is 2. The van der Waals surface area contributed by atoms with Gasteiger partial charge in [0.2, 0.25) is 5.58 Å². The first-order valence-electron chi connectivity index (χ1n) is 7.55. The largest absolute Gasteiger partial charge is 0.466 e. The van der Waals surface area contributed by atoms with E-state index in [0.717, 1.165) is 5.52 Å². The summed E-state index contributed by atoms with van der Waals surface area (Å²) in [5.41, 5.74) is 0.0337. The smallest absolute Gasteiger partial charge is 0.356 e. The monoisotopic (exact) mass is 330 g/mol. The number of nitrogens with zero attached hydrogens (tertiary/aromatic N) is 1. The predicted molar refractivity (Wildman–Crippen MR) is 79.8 cm³/mol. The Morgan fingerprint density at radius 3 is 2.67 bits per heavy atom. The highest BCUT2D eigenvalue weighted by Crippen LogP contribution is 2.49. The van der Waals surface area contributed by atoms with Gasteiger partial charge in [0, 0.05) is 12.5 Å². The highest BCUT2D eigenvalue weighted by Gasteiger charge is 2.61. The lowest BCUT2D eigenvalue weighted by Crippen LogP contribution is -2.53. The number of benzene rings is 1. The standard InChI is InChI=1S/C17H16NO6/c1-22-15(19)12-9-7-17(21,13(12)16(20)23-2)8-18-10-5-3-4-6-11(10)24-14(9)18/h3-6,9,21H,7-8H2,1-2H3/q+1/t9-,17+/m1/s1. The SMILES string of the molecule is COC(=O)C1=C(C(=O)OC)[C@]2(O)C[C@H]1c1oc3ccccc3[n+]1C2. The third kappa shape index (κ3) is 1.78. The van der Waals surface area contributed by atoms with Crippen molar-refractivity contribution in [1.29, 1.82) is 0 Å². The summed E-state index contributed by atoms with van der Waals surface area (Å²) in [5.74, 6) is -1.42. The number of aromatic nitrogens is 1. The summed E-state index contributed by atoms with van der Waals surface area (Å²) in [7, 11) is 2.46. The molecule has 1 N–H and O–H groups in total. The molecule has 0 saturated heterocycles. The molecule has 0 amide bonds. The normalized spacial score (nSPS) is 24.9. The van der Waals surface area contributed by atoms with Crippen LogP contribution >= 0.6 is 0 Å². The van der Waals surface area contributed by atoms with Gasteiger partial charge in [-0.15, -0.1) is 0 Å². The van der Waals surface area contributed by atoms with Crippen molar-refractivity contribution in [2.24, 2.45) is 0 Å². The number of hydrogen-bond acceptors (Lipinski definition) is 6. The minimum Gasteiger partial charge on any atom is -0.466 e. The summed E-state index contributed by atoms with van der Waals surface area (Å²) in [4.78, 5) is 24.5. The topological polar surface area (TPSA) is 89.9 Å². The van der Waals surface area contributed by atoms with Crippen molar-refractivity contribution in [2.75, 3.05) is 14.2 Å². The zero-order chi connectivity index (χ0) is 17.1. The number of oxazole rings is 1. The second-order valence-corrected chi connectivity index (χ2v) is 6.05. The summed E-state index contributed by atoms with van der Waals surface area (Å²) < 4.78 is 17.3. The van der Waals surface area contributed by atoms with E-state index in [1.54, 1.807) is 0 Å². The summed E-state index contributed by atoms with van der Waals surface area (Å²) in [6.45, 7) is 0.112. The Kier molecular flexibility index (Phi) is 3.05. The Balaban J connectivity index is 1.98. The second kappa shape index (κ2) is 4.91. The fourth-order valence-electron chi connectivity index (χ4n) is 3.81. The summed E-state index contributed by atoms with van der Waals surface area (Å²) >= 11 is 0. The van der Waals surface area contributed by atoms with E-state index in [1.165, 1.54) is 14.2 Å². The van der Waals surface area contributed by atoms with Crippen LogP contribution in [0.3, 0.4) is 0 Å². The minimum absolute atomic E-state index is 0.0372. The van der Waals surface area contributed by atoms with Crippen LogP contribution in [0.2, 0.25) is 0 Å². The molecule has 0 saturated carbocycles. The van der Waals surface area contributed by atoms with Crippen LogP contribution in [-0.4, -0.2) is 36.9 Å². The van der Waals surface area contributed by atoms with Gasteiger partial charge in [0.15, 0.2) is 12.1 Å². The van der Waals surface area contributed by atoms with Crippen LogP contribution in [0.4, 0.5) is 0 Å². The van der Waals surface area contributed by atoms with Crippen molar-refractivity contribution in [1.82, 2.24) is 0 Å². The van der Waals surface area contributed by atoms with Crippen LogP contribution in [-0.2, 0) is 25.6 Å². The van der Waals surface area contributed by atoms with Crippen molar-refractivity contribution in [2.45, 2.75) is 24.5 Å². The van der Waals surface area contributed by atoms with Gasteiger partial charge < -0.3 is 19.0 Å². The molecule has 1 aliphatic carbocycles. The molecule has 2 bridgehead atoms. The maximum Gasteiger partial charge on any atom is 0.356 e. The van der Waals surface area contributed by atoms with Crippen LogP contribution in [0.15, 0.2) is 39.8 Å². The Morgan fingerprint density at radius 2 is 1.96 bits per heavy atom. The molecule has 0 spiro atoms. The number of hydrogen-bond donors (Lipinski definition) is 1. The van der Waals surface area contributed by atoms with Gasteiger partial charge in [-0.1, -0.05) is 12.1 Å². The molecule has 7 nitrogen and oxygen atoms in total. The van der Waals surface area contributed by atoms with Crippen LogP contribution in [0.1, 0.15) is 18.2 Å². The maximum atomic E-state index is 12.3. The van der Waals surface area contributed by atoms with E-state index in [-0.39, 0.29) is 24.1 Å². The molecule has 0 unspecified atom stereocenters. The van der Waals surface area contributed by atoms with Gasteiger partial charge in [0.25, 0.3) is 5.52 Å². The van der Waals surface area contributed by atoms with Gasteiger partial charge >= 0.3 is 17.8 Å². The highest BCUT2D eigenvalue weighted by molar-refractivity contribution is 6.04. The first-order chi connectivity index (χ1) is 11.5. The summed E-state index contributed by atoms with van der Waals surface area (Å²) in [5, 5.41) is 11.1. The number of aliphatic hydroxyl groups is 1. The maximum absolute atomic E-state index is 12.3. The lowest BCUT2D eigenvalue weighted by atomic mass is 9.90. The lowest BCUT2D eigenvalue weighted by Gasteiger charge is -2.24. The first kappa shape index (κ1) is 14.9. The van der Waals surface area contributed by atoms with E-state index in [0.29, 0.717) is 11.5 Å². The molecule has 24 heavy (non-hydrogen) atoms. The molecule has 7 heteroatoms. The summed E-state index contributed by atoms with van der Waals surface area (Å²) in [6, 6.07) is 7.40. The number of methoxy groups -OCH3 is 2. The second-order valence-electron chi connectivity index (χ2n) is 6.05. The van der Waals surface area contributed by atoms with Gasteiger partial charge in [-0.2, -0.15) is 4.57 Å². The van der Waals surface area contributed by atoms with E-state index in [4.69, 9.17) is 13.9 Å². The molecule has 4 rings (SSSR count). The third-order valence-electron chi connectivity index (χ3n) is 4.77. The summed E-state index contributed by atoms with van der Waals surface area (Å²) in [6.07, 6.45) is 0.182. The molecule has 2 aliphatic rings. The Labute approximate surface area is 137 Å². The minimum atomic E-state index is -1.49. The molecular formula is C17H16NO6+.